The number of hydrogen-bond acceptors (Lipinski definition) is 2. The van der Waals surface area contributed by atoms with Crippen LogP contribution in [0, 0.1) is 11.8 Å². The van der Waals surface area contributed by atoms with E-state index in [1.165, 1.54) is 38.5 Å². The van der Waals surface area contributed by atoms with Crippen LogP contribution in [0.5, 0.6) is 0 Å². The van der Waals surface area contributed by atoms with Gasteiger partial charge in [-0.25, -0.2) is 0 Å². The molecule has 0 bridgehead atoms. The molecule has 82 valence electrons. The van der Waals surface area contributed by atoms with Gasteiger partial charge in [0.15, 0.2) is 0 Å². The molecule has 2 aliphatic rings. The van der Waals surface area contributed by atoms with Crippen LogP contribution in [-0.4, -0.2) is 23.9 Å². The van der Waals surface area contributed by atoms with Crippen molar-refractivity contribution in [2.45, 2.75) is 57.7 Å². The van der Waals surface area contributed by atoms with Crippen LogP contribution in [0.2, 0.25) is 0 Å². The molecule has 14 heavy (non-hydrogen) atoms. The molecule has 0 saturated heterocycles. The molecule has 3 atom stereocenters. The molecule has 0 aromatic carbocycles. The van der Waals surface area contributed by atoms with Crippen LogP contribution in [0.4, 0.5) is 0 Å². The van der Waals surface area contributed by atoms with Gasteiger partial charge < -0.3 is 9.84 Å². The summed E-state index contributed by atoms with van der Waals surface area (Å²) in [5.74, 6) is 1.36. The average Bonchev–Trinajstić information content (AvgIpc) is 2.97. The Hall–Kier alpha value is -0.0800. The van der Waals surface area contributed by atoms with Crippen molar-refractivity contribution >= 4 is 0 Å². The molecular formula is C12H22O2. The molecule has 0 heterocycles. The van der Waals surface area contributed by atoms with Crippen LogP contribution in [0.3, 0.4) is 0 Å². The predicted octanol–water partition coefficient (Wildman–Crippen LogP) is 2.35. The smallest absolute Gasteiger partial charge is 0.0801 e. The van der Waals surface area contributed by atoms with Crippen molar-refractivity contribution in [2.75, 3.05) is 6.61 Å². The molecule has 2 nitrogen and oxygen atoms in total. The van der Waals surface area contributed by atoms with Gasteiger partial charge in [0, 0.05) is 0 Å². The summed E-state index contributed by atoms with van der Waals surface area (Å²) in [4.78, 5) is 0. The maximum atomic E-state index is 9.66. The van der Waals surface area contributed by atoms with Gasteiger partial charge in [-0.15, -0.1) is 0 Å². The Bertz CT molecular complexity index is 177. The maximum absolute atomic E-state index is 9.66. The third kappa shape index (κ3) is 2.96. The first-order chi connectivity index (χ1) is 6.75. The fourth-order valence-electron chi connectivity index (χ4n) is 2.38. The highest BCUT2D eigenvalue weighted by molar-refractivity contribution is 4.81. The molecule has 2 rings (SSSR count). The van der Waals surface area contributed by atoms with E-state index in [-0.39, 0.29) is 6.10 Å². The summed E-state index contributed by atoms with van der Waals surface area (Å²) in [6, 6.07) is 0. The minimum atomic E-state index is -0.188. The van der Waals surface area contributed by atoms with Crippen LogP contribution in [0.15, 0.2) is 0 Å². The van der Waals surface area contributed by atoms with Gasteiger partial charge in [0.1, 0.15) is 0 Å². The molecule has 0 aliphatic heterocycles. The molecule has 2 aliphatic carbocycles. The van der Waals surface area contributed by atoms with E-state index in [2.05, 4.69) is 6.92 Å². The third-order valence-corrected chi connectivity index (χ3v) is 3.56. The molecule has 0 aromatic heterocycles. The zero-order chi connectivity index (χ0) is 9.97. The van der Waals surface area contributed by atoms with E-state index in [4.69, 9.17) is 4.74 Å². The summed E-state index contributed by atoms with van der Waals surface area (Å²) in [7, 11) is 0. The summed E-state index contributed by atoms with van der Waals surface area (Å²) in [5, 5.41) is 9.66. The van der Waals surface area contributed by atoms with Gasteiger partial charge in [-0.1, -0.05) is 19.8 Å². The summed E-state index contributed by atoms with van der Waals surface area (Å²) >= 11 is 0. The second-order valence-electron chi connectivity index (χ2n) is 5.13. The Morgan fingerprint density at radius 2 is 2.07 bits per heavy atom. The van der Waals surface area contributed by atoms with Crippen molar-refractivity contribution in [2.24, 2.45) is 11.8 Å². The minimum Gasteiger partial charge on any atom is -0.390 e. The highest BCUT2D eigenvalue weighted by Gasteiger charge is 2.30. The van der Waals surface area contributed by atoms with E-state index < -0.39 is 0 Å². The van der Waals surface area contributed by atoms with Crippen LogP contribution in [-0.2, 0) is 4.74 Å². The molecular weight excluding hydrogens is 176 g/mol. The maximum Gasteiger partial charge on any atom is 0.0801 e. The summed E-state index contributed by atoms with van der Waals surface area (Å²) < 4.78 is 5.77. The Kier molecular flexibility index (Phi) is 3.45. The van der Waals surface area contributed by atoms with Gasteiger partial charge in [-0.2, -0.15) is 0 Å². The second kappa shape index (κ2) is 4.63. The van der Waals surface area contributed by atoms with Gasteiger partial charge in [0.2, 0.25) is 0 Å². The van der Waals surface area contributed by atoms with E-state index in [0.717, 1.165) is 5.92 Å². The van der Waals surface area contributed by atoms with Crippen molar-refractivity contribution in [1.82, 2.24) is 0 Å². The highest BCUT2D eigenvalue weighted by atomic mass is 16.5. The number of aliphatic hydroxyl groups is 1. The Morgan fingerprint density at radius 1 is 1.29 bits per heavy atom. The van der Waals surface area contributed by atoms with Crippen molar-refractivity contribution < 1.29 is 9.84 Å². The van der Waals surface area contributed by atoms with Gasteiger partial charge in [-0.3, -0.25) is 0 Å². The third-order valence-electron chi connectivity index (χ3n) is 3.56. The molecule has 0 radical (unpaired) electrons. The molecule has 2 heteroatoms. The largest absolute Gasteiger partial charge is 0.390 e. The van der Waals surface area contributed by atoms with Crippen molar-refractivity contribution in [3.63, 3.8) is 0 Å². The van der Waals surface area contributed by atoms with Crippen LogP contribution >= 0.6 is 0 Å². The monoisotopic (exact) mass is 198 g/mol. The fourth-order valence-corrected chi connectivity index (χ4v) is 2.38. The van der Waals surface area contributed by atoms with Gasteiger partial charge in [0.05, 0.1) is 18.8 Å². The molecule has 2 saturated carbocycles. The van der Waals surface area contributed by atoms with E-state index in [1.807, 2.05) is 0 Å². The molecule has 0 spiro atoms. The van der Waals surface area contributed by atoms with Gasteiger partial charge >= 0.3 is 0 Å². The van der Waals surface area contributed by atoms with Crippen LogP contribution in [0.1, 0.15) is 45.4 Å². The lowest BCUT2D eigenvalue weighted by Crippen LogP contribution is -2.26. The topological polar surface area (TPSA) is 29.5 Å². The first-order valence-electron chi connectivity index (χ1n) is 6.05. The van der Waals surface area contributed by atoms with E-state index >= 15 is 0 Å². The minimum absolute atomic E-state index is 0.188. The normalized spacial score (nSPS) is 35.6. The average molecular weight is 198 g/mol. The zero-order valence-electron chi connectivity index (χ0n) is 9.11. The summed E-state index contributed by atoms with van der Waals surface area (Å²) in [6.45, 7) is 2.87. The first kappa shape index (κ1) is 10.4. The number of aliphatic hydroxyl groups excluding tert-OH is 1. The van der Waals surface area contributed by atoms with E-state index in [0.29, 0.717) is 18.6 Å². The molecule has 2 fully saturated rings. The van der Waals surface area contributed by atoms with Gasteiger partial charge in [-0.05, 0) is 37.5 Å². The zero-order valence-corrected chi connectivity index (χ0v) is 9.11. The van der Waals surface area contributed by atoms with Crippen LogP contribution < -0.4 is 0 Å². The number of ether oxygens (including phenoxy) is 1. The van der Waals surface area contributed by atoms with Crippen molar-refractivity contribution in [3.8, 4) is 0 Å². The lowest BCUT2D eigenvalue weighted by molar-refractivity contribution is -0.0372. The fraction of sp³-hybridized carbons (Fsp3) is 1.00. The lowest BCUT2D eigenvalue weighted by atomic mass is 9.89. The van der Waals surface area contributed by atoms with Crippen molar-refractivity contribution in [1.29, 1.82) is 0 Å². The van der Waals surface area contributed by atoms with Crippen LogP contribution in [0.25, 0.3) is 0 Å². The van der Waals surface area contributed by atoms with Crippen molar-refractivity contribution in [3.05, 3.63) is 0 Å². The number of rotatable bonds is 4. The van der Waals surface area contributed by atoms with Gasteiger partial charge in [0.25, 0.3) is 0 Å². The predicted molar refractivity (Wildman–Crippen MR) is 56.1 cm³/mol. The molecule has 1 N–H and O–H groups in total. The van der Waals surface area contributed by atoms with E-state index in [1.54, 1.807) is 0 Å². The first-order valence-corrected chi connectivity index (χ1v) is 6.05. The molecule has 0 amide bonds. The highest BCUT2D eigenvalue weighted by Crippen LogP contribution is 2.33. The SMILES string of the molecule is CC1CCCC(OCC(O)C2CC2)C1. The second-order valence-corrected chi connectivity index (χ2v) is 5.13. The quantitative estimate of drug-likeness (QED) is 0.751. The summed E-state index contributed by atoms with van der Waals surface area (Å²) in [6.07, 6.45) is 7.67. The molecule has 3 unspecified atom stereocenters. The van der Waals surface area contributed by atoms with E-state index in [9.17, 15) is 5.11 Å². The lowest BCUT2D eigenvalue weighted by Gasteiger charge is -2.27. The molecule has 0 aromatic rings. The number of hydrogen-bond donors (Lipinski definition) is 1. The Labute approximate surface area is 86.6 Å². The standard InChI is InChI=1S/C12H22O2/c1-9-3-2-4-11(7-9)14-8-12(13)10-5-6-10/h9-13H,2-8H2,1H3. The Morgan fingerprint density at radius 3 is 2.71 bits per heavy atom. The summed E-state index contributed by atoms with van der Waals surface area (Å²) in [5.41, 5.74) is 0. The Balaban J connectivity index is 1.63.